The molecule has 1 saturated heterocycles. The molecule has 0 spiro atoms. The van der Waals surface area contributed by atoms with Crippen molar-refractivity contribution in [2.75, 3.05) is 18.1 Å². The first-order valence-electron chi connectivity index (χ1n) is 7.05. The van der Waals surface area contributed by atoms with Crippen molar-refractivity contribution in [2.45, 2.75) is 26.3 Å². The molecule has 3 rings (SSSR count). The topological polar surface area (TPSA) is 25.2 Å². The fourth-order valence-corrected chi connectivity index (χ4v) is 4.07. The second-order valence-electron chi connectivity index (χ2n) is 5.45. The van der Waals surface area contributed by atoms with Gasteiger partial charge in [0.05, 0.1) is 6.04 Å². The van der Waals surface area contributed by atoms with E-state index in [0.29, 0.717) is 0 Å². The number of para-hydroxylation sites is 1. The molecule has 0 aliphatic carbocycles. The van der Waals surface area contributed by atoms with Gasteiger partial charge in [0.25, 0.3) is 0 Å². The highest BCUT2D eigenvalue weighted by atomic mass is 32.2. The van der Waals surface area contributed by atoms with Gasteiger partial charge in [-0.3, -0.25) is 0 Å². The van der Waals surface area contributed by atoms with Gasteiger partial charge in [-0.25, -0.2) is 0 Å². The lowest BCUT2D eigenvalue weighted by atomic mass is 10.1. The molecule has 1 aromatic heterocycles. The smallest absolute Gasteiger partial charge is 0.134 e. The van der Waals surface area contributed by atoms with E-state index in [1.165, 1.54) is 28.9 Å². The fraction of sp³-hybridized carbons (Fsp3) is 0.500. The molecule has 0 saturated carbocycles. The van der Waals surface area contributed by atoms with Gasteiger partial charge in [0.15, 0.2) is 0 Å². The number of nitrogens with one attached hydrogen (secondary N) is 1. The van der Waals surface area contributed by atoms with Crippen LogP contribution in [0.5, 0.6) is 0 Å². The van der Waals surface area contributed by atoms with Gasteiger partial charge >= 0.3 is 0 Å². The Kier molecular flexibility index (Phi) is 3.85. The van der Waals surface area contributed by atoms with Crippen LogP contribution >= 0.6 is 11.8 Å². The third-order valence-electron chi connectivity index (χ3n) is 4.01. The lowest BCUT2D eigenvalue weighted by Crippen LogP contribution is -2.25. The van der Waals surface area contributed by atoms with Gasteiger partial charge in [-0.1, -0.05) is 18.2 Å². The average Bonchev–Trinajstić information content (AvgIpc) is 3.05. The first-order valence-corrected chi connectivity index (χ1v) is 8.20. The molecule has 2 unspecified atom stereocenters. The van der Waals surface area contributed by atoms with Crippen molar-refractivity contribution in [3.05, 3.63) is 35.6 Å². The minimum atomic E-state index is 0.290. The maximum atomic E-state index is 6.01. The maximum Gasteiger partial charge on any atom is 0.134 e. The van der Waals surface area contributed by atoms with E-state index in [2.05, 4.69) is 43.1 Å². The Morgan fingerprint density at radius 1 is 1.42 bits per heavy atom. The zero-order valence-corrected chi connectivity index (χ0v) is 12.4. The molecule has 0 bridgehead atoms. The molecule has 1 aliphatic rings. The lowest BCUT2D eigenvalue weighted by molar-refractivity contribution is 0.417. The molecular weight excluding hydrogens is 254 g/mol. The highest BCUT2D eigenvalue weighted by Gasteiger charge is 2.19. The van der Waals surface area contributed by atoms with E-state index in [4.69, 9.17) is 4.42 Å². The molecule has 1 N–H and O–H groups in total. The van der Waals surface area contributed by atoms with Crippen LogP contribution in [-0.4, -0.2) is 18.1 Å². The highest BCUT2D eigenvalue weighted by molar-refractivity contribution is 7.99. The molecule has 3 heteroatoms. The molecule has 2 heterocycles. The number of fused-ring (bicyclic) bond motifs is 1. The van der Waals surface area contributed by atoms with Crippen molar-refractivity contribution in [1.29, 1.82) is 0 Å². The van der Waals surface area contributed by atoms with E-state index < -0.39 is 0 Å². The molecule has 0 amide bonds. The van der Waals surface area contributed by atoms with E-state index in [0.717, 1.165) is 23.8 Å². The summed E-state index contributed by atoms with van der Waals surface area (Å²) in [7, 11) is 0. The summed E-state index contributed by atoms with van der Waals surface area (Å²) in [5.41, 5.74) is 2.27. The minimum Gasteiger partial charge on any atom is -0.459 e. The number of thioether (sulfide) groups is 1. The van der Waals surface area contributed by atoms with Crippen LogP contribution in [0.25, 0.3) is 11.0 Å². The molecule has 1 aliphatic heterocycles. The molecule has 19 heavy (non-hydrogen) atoms. The van der Waals surface area contributed by atoms with Crippen molar-refractivity contribution in [3.63, 3.8) is 0 Å². The maximum absolute atomic E-state index is 6.01. The van der Waals surface area contributed by atoms with Crippen LogP contribution in [-0.2, 0) is 0 Å². The van der Waals surface area contributed by atoms with E-state index in [9.17, 15) is 0 Å². The molecule has 1 fully saturated rings. The SMILES string of the molecule is Cc1c(C(C)NCC2CCSC2)oc2ccccc12. The van der Waals surface area contributed by atoms with Crippen molar-refractivity contribution >= 4 is 22.7 Å². The number of benzene rings is 1. The van der Waals surface area contributed by atoms with Crippen LogP contribution in [0, 0.1) is 12.8 Å². The van der Waals surface area contributed by atoms with E-state index in [1.54, 1.807) is 0 Å². The van der Waals surface area contributed by atoms with Crippen LogP contribution in [0.15, 0.2) is 28.7 Å². The Balaban J connectivity index is 1.73. The molecule has 2 nitrogen and oxygen atoms in total. The molecule has 1 aromatic carbocycles. The fourth-order valence-electron chi connectivity index (χ4n) is 2.79. The second kappa shape index (κ2) is 5.59. The van der Waals surface area contributed by atoms with E-state index >= 15 is 0 Å². The number of furan rings is 1. The quantitative estimate of drug-likeness (QED) is 0.907. The van der Waals surface area contributed by atoms with E-state index in [1.807, 2.05) is 12.1 Å². The Labute approximate surface area is 118 Å². The zero-order chi connectivity index (χ0) is 13.2. The summed E-state index contributed by atoms with van der Waals surface area (Å²) in [5, 5.41) is 4.87. The summed E-state index contributed by atoms with van der Waals surface area (Å²) in [5.74, 6) is 4.55. The minimum absolute atomic E-state index is 0.290. The molecule has 102 valence electrons. The van der Waals surface area contributed by atoms with Crippen LogP contribution in [0.3, 0.4) is 0 Å². The summed E-state index contributed by atoms with van der Waals surface area (Å²) < 4.78 is 6.01. The Hall–Kier alpha value is -0.930. The van der Waals surface area contributed by atoms with Crippen molar-refractivity contribution in [2.24, 2.45) is 5.92 Å². The zero-order valence-electron chi connectivity index (χ0n) is 11.6. The number of hydrogen-bond acceptors (Lipinski definition) is 3. The Morgan fingerprint density at radius 2 is 2.26 bits per heavy atom. The summed E-state index contributed by atoms with van der Waals surface area (Å²) >= 11 is 2.07. The van der Waals surface area contributed by atoms with Gasteiger partial charge in [-0.15, -0.1) is 0 Å². The van der Waals surface area contributed by atoms with Crippen LogP contribution in [0.1, 0.15) is 30.7 Å². The van der Waals surface area contributed by atoms with Crippen molar-refractivity contribution < 1.29 is 4.42 Å². The molecule has 2 atom stereocenters. The van der Waals surface area contributed by atoms with Gasteiger partial charge in [0.1, 0.15) is 11.3 Å². The average molecular weight is 275 g/mol. The first kappa shape index (κ1) is 13.1. The Morgan fingerprint density at radius 3 is 3.00 bits per heavy atom. The van der Waals surface area contributed by atoms with Gasteiger partial charge < -0.3 is 9.73 Å². The van der Waals surface area contributed by atoms with Crippen LogP contribution in [0.2, 0.25) is 0 Å². The first-order chi connectivity index (χ1) is 9.25. The van der Waals surface area contributed by atoms with Crippen LogP contribution < -0.4 is 5.32 Å². The predicted molar refractivity (Wildman–Crippen MR) is 82.8 cm³/mol. The van der Waals surface area contributed by atoms with Crippen LogP contribution in [0.4, 0.5) is 0 Å². The summed E-state index contributed by atoms with van der Waals surface area (Å²) in [6.07, 6.45) is 1.35. The van der Waals surface area contributed by atoms with Gasteiger partial charge in [0.2, 0.25) is 0 Å². The molecular formula is C16H21NOS. The van der Waals surface area contributed by atoms with Crippen molar-refractivity contribution in [1.82, 2.24) is 5.32 Å². The van der Waals surface area contributed by atoms with Gasteiger partial charge in [-0.05, 0) is 55.9 Å². The summed E-state index contributed by atoms with van der Waals surface area (Å²) in [6.45, 7) is 5.46. The normalized spacial score (nSPS) is 21.1. The van der Waals surface area contributed by atoms with E-state index in [-0.39, 0.29) is 6.04 Å². The largest absolute Gasteiger partial charge is 0.459 e. The number of rotatable bonds is 4. The van der Waals surface area contributed by atoms with Gasteiger partial charge in [0, 0.05) is 5.39 Å². The third-order valence-corrected chi connectivity index (χ3v) is 5.24. The molecule has 2 aromatic rings. The molecule has 0 radical (unpaired) electrons. The van der Waals surface area contributed by atoms with Gasteiger partial charge in [-0.2, -0.15) is 11.8 Å². The van der Waals surface area contributed by atoms with Crippen molar-refractivity contribution in [3.8, 4) is 0 Å². The highest BCUT2D eigenvalue weighted by Crippen LogP contribution is 2.30. The number of hydrogen-bond donors (Lipinski definition) is 1. The summed E-state index contributed by atoms with van der Waals surface area (Å²) in [4.78, 5) is 0. The standard InChI is InChI=1S/C16H21NOS/c1-11-14-5-3-4-6-15(14)18-16(11)12(2)17-9-13-7-8-19-10-13/h3-6,12-13,17H,7-10H2,1-2H3. The predicted octanol–water partition coefficient (Wildman–Crippen LogP) is 4.14. The Bertz CT molecular complexity index is 557. The second-order valence-corrected chi connectivity index (χ2v) is 6.60. The lowest BCUT2D eigenvalue weighted by Gasteiger charge is -2.15. The third kappa shape index (κ3) is 2.67. The number of aryl methyl sites for hydroxylation is 1. The summed E-state index contributed by atoms with van der Waals surface area (Å²) in [6, 6.07) is 8.58. The monoisotopic (exact) mass is 275 g/mol.